The zero-order chi connectivity index (χ0) is 13.4. The number of methoxy groups -OCH3 is 1. The zero-order valence-electron chi connectivity index (χ0n) is 11.3. The summed E-state index contributed by atoms with van der Waals surface area (Å²) in [6.45, 7) is 5.22. The van der Waals surface area contributed by atoms with Crippen molar-refractivity contribution in [3.8, 4) is 11.5 Å². The van der Waals surface area contributed by atoms with Gasteiger partial charge in [-0.25, -0.2) is 0 Å². The van der Waals surface area contributed by atoms with Gasteiger partial charge in [0, 0.05) is 12.6 Å². The second-order valence-corrected chi connectivity index (χ2v) is 4.46. The Balaban J connectivity index is 2.17. The molecule has 1 aromatic rings. The summed E-state index contributed by atoms with van der Waals surface area (Å²) in [4.78, 5) is 0. The van der Waals surface area contributed by atoms with E-state index in [1.807, 2.05) is 24.3 Å². The lowest BCUT2D eigenvalue weighted by atomic mass is 10.1. The van der Waals surface area contributed by atoms with E-state index in [0.29, 0.717) is 12.6 Å². The maximum atomic E-state index is 9.22. The molecule has 0 spiro atoms. The first-order valence-corrected chi connectivity index (χ1v) is 6.30. The van der Waals surface area contributed by atoms with Crippen molar-refractivity contribution in [3.63, 3.8) is 0 Å². The van der Waals surface area contributed by atoms with E-state index in [2.05, 4.69) is 12.2 Å². The number of ether oxygens (including phenoxy) is 2. The summed E-state index contributed by atoms with van der Waals surface area (Å²) in [6.07, 6.45) is 0.484. The molecule has 2 unspecified atom stereocenters. The normalized spacial score (nSPS) is 14.0. The lowest BCUT2D eigenvalue weighted by Gasteiger charge is -2.15. The molecule has 4 heteroatoms. The van der Waals surface area contributed by atoms with Crippen LogP contribution in [0.15, 0.2) is 24.3 Å². The van der Waals surface area contributed by atoms with E-state index in [0.717, 1.165) is 24.5 Å². The number of rotatable bonds is 8. The van der Waals surface area contributed by atoms with Crippen LogP contribution < -0.4 is 14.8 Å². The largest absolute Gasteiger partial charge is 0.497 e. The van der Waals surface area contributed by atoms with E-state index < -0.39 is 0 Å². The van der Waals surface area contributed by atoms with Gasteiger partial charge in [0.25, 0.3) is 0 Å². The Labute approximate surface area is 109 Å². The molecule has 0 saturated carbocycles. The maximum Gasteiger partial charge on any atom is 0.119 e. The second-order valence-electron chi connectivity index (χ2n) is 4.46. The van der Waals surface area contributed by atoms with Crippen LogP contribution in [0.25, 0.3) is 0 Å². The number of nitrogens with one attached hydrogen (secondary N) is 1. The summed E-state index contributed by atoms with van der Waals surface area (Å²) in [5.41, 5.74) is 0. The van der Waals surface area contributed by atoms with Crippen LogP contribution in [0.2, 0.25) is 0 Å². The van der Waals surface area contributed by atoms with Gasteiger partial charge in [-0.2, -0.15) is 0 Å². The van der Waals surface area contributed by atoms with E-state index in [1.165, 1.54) is 0 Å². The first-order chi connectivity index (χ1) is 8.61. The SMILES string of the molecule is COc1ccc(OCCNC(C)CC(C)O)cc1. The van der Waals surface area contributed by atoms with Crippen LogP contribution in [-0.4, -0.2) is 37.5 Å². The Morgan fingerprint density at radius 2 is 1.78 bits per heavy atom. The fourth-order valence-corrected chi connectivity index (χ4v) is 1.74. The smallest absolute Gasteiger partial charge is 0.119 e. The van der Waals surface area contributed by atoms with Crippen LogP contribution in [0.4, 0.5) is 0 Å². The molecule has 0 aromatic heterocycles. The number of benzene rings is 1. The number of aliphatic hydroxyl groups excluding tert-OH is 1. The average molecular weight is 253 g/mol. The van der Waals surface area contributed by atoms with E-state index >= 15 is 0 Å². The van der Waals surface area contributed by atoms with Crippen molar-refractivity contribution >= 4 is 0 Å². The third-order valence-electron chi connectivity index (χ3n) is 2.62. The van der Waals surface area contributed by atoms with Crippen molar-refractivity contribution in [2.24, 2.45) is 0 Å². The molecule has 2 N–H and O–H groups in total. The van der Waals surface area contributed by atoms with Crippen LogP contribution in [-0.2, 0) is 0 Å². The summed E-state index contributed by atoms with van der Waals surface area (Å²) in [5, 5.41) is 12.5. The van der Waals surface area contributed by atoms with Gasteiger partial charge in [0.05, 0.1) is 13.2 Å². The highest BCUT2D eigenvalue weighted by Crippen LogP contribution is 2.16. The monoisotopic (exact) mass is 253 g/mol. The minimum absolute atomic E-state index is 0.269. The van der Waals surface area contributed by atoms with Gasteiger partial charge in [-0.3, -0.25) is 0 Å². The third kappa shape index (κ3) is 5.89. The average Bonchev–Trinajstić information content (AvgIpc) is 2.34. The molecule has 18 heavy (non-hydrogen) atoms. The quantitative estimate of drug-likeness (QED) is 0.694. The van der Waals surface area contributed by atoms with Gasteiger partial charge < -0.3 is 19.9 Å². The molecule has 0 saturated heterocycles. The Hall–Kier alpha value is -1.26. The van der Waals surface area contributed by atoms with E-state index in [-0.39, 0.29) is 6.10 Å². The molecule has 1 rings (SSSR count). The molecule has 0 bridgehead atoms. The topological polar surface area (TPSA) is 50.7 Å². The Bertz CT molecular complexity index is 324. The fourth-order valence-electron chi connectivity index (χ4n) is 1.74. The van der Waals surface area contributed by atoms with Crippen molar-refractivity contribution in [1.82, 2.24) is 5.32 Å². The summed E-state index contributed by atoms with van der Waals surface area (Å²) in [5.74, 6) is 1.66. The molecular weight excluding hydrogens is 230 g/mol. The standard InChI is InChI=1S/C14H23NO3/c1-11(10-12(2)16)15-8-9-18-14-6-4-13(17-3)5-7-14/h4-7,11-12,15-16H,8-10H2,1-3H3. The molecule has 0 fully saturated rings. The molecule has 0 aliphatic carbocycles. The van der Waals surface area contributed by atoms with Gasteiger partial charge >= 0.3 is 0 Å². The fraction of sp³-hybridized carbons (Fsp3) is 0.571. The summed E-state index contributed by atoms with van der Waals surface area (Å²) in [6, 6.07) is 7.82. The zero-order valence-corrected chi connectivity index (χ0v) is 11.3. The molecule has 2 atom stereocenters. The summed E-state index contributed by atoms with van der Waals surface area (Å²) < 4.78 is 10.7. The van der Waals surface area contributed by atoms with Crippen molar-refractivity contribution < 1.29 is 14.6 Å². The molecule has 0 amide bonds. The molecule has 0 heterocycles. The number of hydrogen-bond donors (Lipinski definition) is 2. The first kappa shape index (κ1) is 14.8. The Morgan fingerprint density at radius 3 is 2.33 bits per heavy atom. The second kappa shape index (κ2) is 7.95. The number of hydrogen-bond acceptors (Lipinski definition) is 4. The molecule has 102 valence electrons. The van der Waals surface area contributed by atoms with Crippen molar-refractivity contribution in [2.45, 2.75) is 32.4 Å². The highest BCUT2D eigenvalue weighted by molar-refractivity contribution is 5.31. The molecule has 0 radical (unpaired) electrons. The Kier molecular flexibility index (Phi) is 6.54. The first-order valence-electron chi connectivity index (χ1n) is 6.30. The highest BCUT2D eigenvalue weighted by atomic mass is 16.5. The highest BCUT2D eigenvalue weighted by Gasteiger charge is 2.04. The molecule has 0 aliphatic heterocycles. The molecule has 1 aromatic carbocycles. The van der Waals surface area contributed by atoms with Crippen LogP contribution in [0.3, 0.4) is 0 Å². The van der Waals surface area contributed by atoms with Crippen molar-refractivity contribution in [2.75, 3.05) is 20.3 Å². The maximum absolute atomic E-state index is 9.22. The van der Waals surface area contributed by atoms with Crippen LogP contribution >= 0.6 is 0 Å². The van der Waals surface area contributed by atoms with Crippen LogP contribution in [0, 0.1) is 0 Å². The van der Waals surface area contributed by atoms with Crippen LogP contribution in [0.1, 0.15) is 20.3 Å². The van der Waals surface area contributed by atoms with E-state index in [1.54, 1.807) is 14.0 Å². The predicted molar refractivity (Wildman–Crippen MR) is 72.3 cm³/mol. The van der Waals surface area contributed by atoms with Gasteiger partial charge in [0.15, 0.2) is 0 Å². The number of aliphatic hydroxyl groups is 1. The third-order valence-corrected chi connectivity index (χ3v) is 2.62. The predicted octanol–water partition coefficient (Wildman–Crippen LogP) is 1.82. The molecule has 0 aliphatic rings. The Morgan fingerprint density at radius 1 is 1.17 bits per heavy atom. The molecular formula is C14H23NO3. The lowest BCUT2D eigenvalue weighted by Crippen LogP contribution is -2.32. The van der Waals surface area contributed by atoms with E-state index in [9.17, 15) is 5.11 Å². The van der Waals surface area contributed by atoms with Gasteiger partial charge in [-0.05, 0) is 44.5 Å². The van der Waals surface area contributed by atoms with Gasteiger partial charge in [-0.15, -0.1) is 0 Å². The van der Waals surface area contributed by atoms with E-state index in [4.69, 9.17) is 9.47 Å². The van der Waals surface area contributed by atoms with Gasteiger partial charge in [0.1, 0.15) is 18.1 Å². The van der Waals surface area contributed by atoms with Crippen molar-refractivity contribution in [3.05, 3.63) is 24.3 Å². The lowest BCUT2D eigenvalue weighted by molar-refractivity contribution is 0.169. The summed E-state index contributed by atoms with van der Waals surface area (Å²) >= 11 is 0. The summed E-state index contributed by atoms with van der Waals surface area (Å²) in [7, 11) is 1.64. The van der Waals surface area contributed by atoms with Gasteiger partial charge in [-0.1, -0.05) is 0 Å². The minimum atomic E-state index is -0.269. The van der Waals surface area contributed by atoms with Crippen LogP contribution in [0.5, 0.6) is 11.5 Å². The van der Waals surface area contributed by atoms with Crippen molar-refractivity contribution in [1.29, 1.82) is 0 Å². The van der Waals surface area contributed by atoms with Gasteiger partial charge in [0.2, 0.25) is 0 Å². The minimum Gasteiger partial charge on any atom is -0.497 e. The molecule has 4 nitrogen and oxygen atoms in total.